The monoisotopic (exact) mass is 300 g/mol. The number of benzene rings is 1. The fourth-order valence-corrected chi connectivity index (χ4v) is 3.83. The first-order valence-corrected chi connectivity index (χ1v) is 8.86. The van der Waals surface area contributed by atoms with Crippen LogP contribution >= 0.6 is 11.3 Å². The number of hydrogen-bond acceptors (Lipinski definition) is 3. The maximum absolute atomic E-state index is 4.52. The molecule has 3 rings (SSSR count). The highest BCUT2D eigenvalue weighted by molar-refractivity contribution is 7.09. The molecule has 1 aliphatic rings. The van der Waals surface area contributed by atoms with Crippen molar-refractivity contribution >= 4 is 11.3 Å². The van der Waals surface area contributed by atoms with Gasteiger partial charge in [-0.1, -0.05) is 18.2 Å². The largest absolute Gasteiger partial charge is 0.310 e. The van der Waals surface area contributed by atoms with Crippen molar-refractivity contribution in [1.29, 1.82) is 0 Å². The van der Waals surface area contributed by atoms with Crippen LogP contribution in [0.15, 0.2) is 23.6 Å². The molecule has 1 unspecified atom stereocenters. The SMILES string of the molecule is Cc1csc(CCNC(C)c2ccc3c(c2)CCCC3)n1. The van der Waals surface area contributed by atoms with E-state index in [1.54, 1.807) is 22.5 Å². The van der Waals surface area contributed by atoms with Gasteiger partial charge in [0.05, 0.1) is 5.01 Å². The van der Waals surface area contributed by atoms with Gasteiger partial charge in [0.25, 0.3) is 0 Å². The number of aromatic nitrogens is 1. The number of fused-ring (bicyclic) bond motifs is 1. The molecule has 1 N–H and O–H groups in total. The Balaban J connectivity index is 1.56. The van der Waals surface area contributed by atoms with E-state index < -0.39 is 0 Å². The van der Waals surface area contributed by atoms with Crippen LogP contribution in [0.25, 0.3) is 0 Å². The van der Waals surface area contributed by atoms with Gasteiger partial charge in [-0.05, 0) is 56.2 Å². The van der Waals surface area contributed by atoms with Crippen molar-refractivity contribution in [3.05, 3.63) is 51.0 Å². The van der Waals surface area contributed by atoms with Crippen LogP contribution in [0.1, 0.15) is 53.2 Å². The van der Waals surface area contributed by atoms with Crippen LogP contribution in [0.4, 0.5) is 0 Å². The molecule has 2 nitrogen and oxygen atoms in total. The van der Waals surface area contributed by atoms with E-state index in [2.05, 4.69) is 47.7 Å². The number of nitrogens with zero attached hydrogens (tertiary/aromatic N) is 1. The average molecular weight is 300 g/mol. The highest BCUT2D eigenvalue weighted by atomic mass is 32.1. The molecule has 1 aromatic heterocycles. The van der Waals surface area contributed by atoms with E-state index in [9.17, 15) is 0 Å². The lowest BCUT2D eigenvalue weighted by atomic mass is 9.89. The van der Waals surface area contributed by atoms with Crippen molar-refractivity contribution in [2.75, 3.05) is 6.54 Å². The standard InChI is InChI=1S/C18H24N2S/c1-13-12-21-18(20-13)9-10-19-14(2)16-8-7-15-5-3-4-6-17(15)11-16/h7-8,11-12,14,19H,3-6,9-10H2,1-2H3. The molecule has 112 valence electrons. The third-order valence-electron chi connectivity index (χ3n) is 4.33. The summed E-state index contributed by atoms with van der Waals surface area (Å²) >= 11 is 1.76. The summed E-state index contributed by atoms with van der Waals surface area (Å²) in [7, 11) is 0. The third-order valence-corrected chi connectivity index (χ3v) is 5.35. The number of aryl methyl sites for hydroxylation is 3. The molecule has 0 bridgehead atoms. The molecule has 0 radical (unpaired) electrons. The van der Waals surface area contributed by atoms with Crippen molar-refractivity contribution in [3.8, 4) is 0 Å². The highest BCUT2D eigenvalue weighted by Crippen LogP contribution is 2.24. The van der Waals surface area contributed by atoms with Crippen LogP contribution in [0.3, 0.4) is 0 Å². The van der Waals surface area contributed by atoms with Gasteiger partial charge in [-0.25, -0.2) is 4.98 Å². The zero-order valence-corrected chi connectivity index (χ0v) is 13.8. The Labute approximate surface area is 131 Å². The summed E-state index contributed by atoms with van der Waals surface area (Å²) in [6.45, 7) is 5.31. The molecule has 0 saturated carbocycles. The lowest BCUT2D eigenvalue weighted by Gasteiger charge is -2.20. The lowest BCUT2D eigenvalue weighted by Crippen LogP contribution is -2.21. The van der Waals surface area contributed by atoms with Crippen LogP contribution < -0.4 is 5.32 Å². The Morgan fingerprint density at radius 1 is 1.24 bits per heavy atom. The molecular formula is C18H24N2S. The molecule has 1 aromatic carbocycles. The van der Waals surface area contributed by atoms with Crippen LogP contribution in [0.5, 0.6) is 0 Å². The predicted molar refractivity (Wildman–Crippen MR) is 90.1 cm³/mol. The first-order valence-electron chi connectivity index (χ1n) is 7.98. The summed E-state index contributed by atoms with van der Waals surface area (Å²) in [6.07, 6.45) is 6.25. The number of nitrogens with one attached hydrogen (secondary N) is 1. The molecule has 0 saturated heterocycles. The summed E-state index contributed by atoms with van der Waals surface area (Å²) in [6, 6.07) is 7.47. The second-order valence-corrected chi connectivity index (χ2v) is 6.99. The summed E-state index contributed by atoms with van der Waals surface area (Å²) in [4.78, 5) is 4.52. The predicted octanol–water partition coefficient (Wildman–Crippen LogP) is 4.22. The Morgan fingerprint density at radius 2 is 2.05 bits per heavy atom. The zero-order chi connectivity index (χ0) is 14.7. The first kappa shape index (κ1) is 14.7. The van der Waals surface area contributed by atoms with Gasteiger partial charge in [0.1, 0.15) is 0 Å². The van der Waals surface area contributed by atoms with E-state index >= 15 is 0 Å². The Kier molecular flexibility index (Phi) is 4.71. The maximum Gasteiger partial charge on any atom is 0.0940 e. The second-order valence-electron chi connectivity index (χ2n) is 6.04. The molecule has 0 spiro atoms. The van der Waals surface area contributed by atoms with E-state index in [1.807, 2.05) is 0 Å². The smallest absolute Gasteiger partial charge is 0.0940 e. The van der Waals surface area contributed by atoms with Crippen molar-refractivity contribution in [3.63, 3.8) is 0 Å². The van der Waals surface area contributed by atoms with Crippen molar-refractivity contribution in [1.82, 2.24) is 10.3 Å². The fraction of sp³-hybridized carbons (Fsp3) is 0.500. The molecule has 0 amide bonds. The molecule has 0 aliphatic heterocycles. The van der Waals surface area contributed by atoms with Crippen LogP contribution in [-0.2, 0) is 19.3 Å². The van der Waals surface area contributed by atoms with Crippen molar-refractivity contribution in [2.45, 2.75) is 52.0 Å². The van der Waals surface area contributed by atoms with E-state index in [0.29, 0.717) is 6.04 Å². The molecule has 1 aliphatic carbocycles. The lowest BCUT2D eigenvalue weighted by molar-refractivity contribution is 0.574. The molecule has 2 aromatic rings. The molecule has 3 heteroatoms. The molecule has 1 atom stereocenters. The zero-order valence-electron chi connectivity index (χ0n) is 13.0. The average Bonchev–Trinajstić information content (AvgIpc) is 2.92. The summed E-state index contributed by atoms with van der Waals surface area (Å²) in [5.41, 5.74) is 5.70. The number of thiazole rings is 1. The number of hydrogen-bond donors (Lipinski definition) is 1. The van der Waals surface area contributed by atoms with Gasteiger partial charge in [-0.2, -0.15) is 0 Å². The highest BCUT2D eigenvalue weighted by Gasteiger charge is 2.12. The summed E-state index contributed by atoms with van der Waals surface area (Å²) in [5.74, 6) is 0. The van der Waals surface area contributed by atoms with Gasteiger partial charge in [-0.15, -0.1) is 11.3 Å². The van der Waals surface area contributed by atoms with E-state index in [-0.39, 0.29) is 0 Å². The van der Waals surface area contributed by atoms with E-state index in [0.717, 1.165) is 18.7 Å². The Hall–Kier alpha value is -1.19. The van der Waals surface area contributed by atoms with E-state index in [1.165, 1.54) is 36.3 Å². The minimum atomic E-state index is 0.415. The Morgan fingerprint density at radius 3 is 2.81 bits per heavy atom. The Bertz CT molecular complexity index is 603. The maximum atomic E-state index is 4.52. The second kappa shape index (κ2) is 6.71. The quantitative estimate of drug-likeness (QED) is 0.894. The molecular weight excluding hydrogens is 276 g/mol. The van der Waals surface area contributed by atoms with Crippen LogP contribution in [0, 0.1) is 6.92 Å². The topological polar surface area (TPSA) is 24.9 Å². The fourth-order valence-electron chi connectivity index (χ4n) is 3.05. The van der Waals surface area contributed by atoms with Gasteiger partial charge < -0.3 is 5.32 Å². The summed E-state index contributed by atoms with van der Waals surface area (Å²) in [5, 5.41) is 6.99. The first-order chi connectivity index (χ1) is 10.2. The van der Waals surface area contributed by atoms with Gasteiger partial charge in [0.2, 0.25) is 0 Å². The van der Waals surface area contributed by atoms with E-state index in [4.69, 9.17) is 0 Å². The van der Waals surface area contributed by atoms with Gasteiger partial charge >= 0.3 is 0 Å². The van der Waals surface area contributed by atoms with Crippen molar-refractivity contribution < 1.29 is 0 Å². The molecule has 1 heterocycles. The van der Waals surface area contributed by atoms with Crippen LogP contribution in [0.2, 0.25) is 0 Å². The molecule has 21 heavy (non-hydrogen) atoms. The van der Waals surface area contributed by atoms with Gasteiger partial charge in [0, 0.05) is 30.1 Å². The van der Waals surface area contributed by atoms with Crippen molar-refractivity contribution in [2.24, 2.45) is 0 Å². The van der Waals surface area contributed by atoms with Gasteiger partial charge in [-0.3, -0.25) is 0 Å². The van der Waals surface area contributed by atoms with Crippen LogP contribution in [-0.4, -0.2) is 11.5 Å². The minimum Gasteiger partial charge on any atom is -0.310 e. The molecule has 0 fully saturated rings. The third kappa shape index (κ3) is 3.72. The normalized spacial score (nSPS) is 15.7. The van der Waals surface area contributed by atoms with Gasteiger partial charge in [0.15, 0.2) is 0 Å². The minimum absolute atomic E-state index is 0.415. The number of rotatable bonds is 5. The summed E-state index contributed by atoms with van der Waals surface area (Å²) < 4.78 is 0.